The van der Waals surface area contributed by atoms with Crippen molar-refractivity contribution in [3.63, 3.8) is 0 Å². The molecule has 0 bridgehead atoms. The molecule has 0 aliphatic rings. The Labute approximate surface area is 96.5 Å². The summed E-state index contributed by atoms with van der Waals surface area (Å²) >= 11 is 0. The van der Waals surface area contributed by atoms with Crippen LogP contribution in [0.1, 0.15) is 38.4 Å². The Kier molecular flexibility index (Phi) is 4.83. The summed E-state index contributed by atoms with van der Waals surface area (Å²) in [5, 5.41) is 2.62. The summed E-state index contributed by atoms with van der Waals surface area (Å²) < 4.78 is 5.39. The molecule has 1 N–H and O–H groups in total. The lowest BCUT2D eigenvalue weighted by Crippen LogP contribution is -2.19. The molecule has 1 heterocycles. The molecule has 1 aromatic rings. The van der Waals surface area contributed by atoms with E-state index < -0.39 is 0 Å². The third-order valence-corrected chi connectivity index (χ3v) is 2.54. The average molecular weight is 221 g/mol. The molecule has 0 saturated carbocycles. The smallest absolute Gasteiger partial charge is 0.246 e. The number of carbonyl (C=O) groups excluding carboxylic acids is 1. The number of hydrogen-bond acceptors (Lipinski definition) is 2. The third kappa shape index (κ3) is 3.26. The molecule has 1 amide bonds. The molecule has 0 fully saturated rings. The van der Waals surface area contributed by atoms with Crippen molar-refractivity contribution in [2.75, 3.05) is 7.05 Å². The van der Waals surface area contributed by atoms with Gasteiger partial charge in [-0.15, -0.1) is 0 Å². The number of allylic oxidation sites excluding steroid dienone is 1. The topological polar surface area (TPSA) is 42.2 Å². The fourth-order valence-electron chi connectivity index (χ4n) is 1.70. The van der Waals surface area contributed by atoms with Crippen molar-refractivity contribution in [1.29, 1.82) is 0 Å². The molecule has 3 heteroatoms. The van der Waals surface area contributed by atoms with Gasteiger partial charge in [0.15, 0.2) is 0 Å². The second-order valence-corrected chi connectivity index (χ2v) is 3.84. The summed E-state index contributed by atoms with van der Waals surface area (Å²) in [6.45, 7) is 3.95. The number of nitrogens with one attached hydrogen (secondary N) is 1. The van der Waals surface area contributed by atoms with Crippen molar-refractivity contribution in [3.05, 3.63) is 35.8 Å². The van der Waals surface area contributed by atoms with E-state index in [4.69, 9.17) is 4.42 Å². The number of amides is 1. The molecule has 16 heavy (non-hydrogen) atoms. The zero-order valence-electron chi connectivity index (χ0n) is 10.1. The van der Waals surface area contributed by atoms with Crippen LogP contribution in [0.3, 0.4) is 0 Å². The van der Waals surface area contributed by atoms with Crippen LogP contribution in [0.2, 0.25) is 0 Å². The Morgan fingerprint density at radius 3 is 2.88 bits per heavy atom. The average Bonchev–Trinajstić information content (AvgIpc) is 2.80. The molecule has 0 aliphatic carbocycles. The largest absolute Gasteiger partial charge is 0.469 e. The van der Waals surface area contributed by atoms with Crippen LogP contribution < -0.4 is 5.32 Å². The molecule has 1 aromatic heterocycles. The van der Waals surface area contributed by atoms with Crippen LogP contribution in [0, 0.1) is 0 Å². The van der Waals surface area contributed by atoms with E-state index in [1.54, 1.807) is 13.3 Å². The van der Waals surface area contributed by atoms with Gasteiger partial charge in [0.2, 0.25) is 5.91 Å². The van der Waals surface area contributed by atoms with E-state index in [9.17, 15) is 4.79 Å². The van der Waals surface area contributed by atoms with Crippen LogP contribution in [-0.4, -0.2) is 13.0 Å². The van der Waals surface area contributed by atoms with Crippen LogP contribution in [0.4, 0.5) is 0 Å². The van der Waals surface area contributed by atoms with Crippen LogP contribution in [0.5, 0.6) is 0 Å². The third-order valence-electron chi connectivity index (χ3n) is 2.54. The first-order valence-electron chi connectivity index (χ1n) is 5.63. The van der Waals surface area contributed by atoms with E-state index >= 15 is 0 Å². The summed E-state index contributed by atoms with van der Waals surface area (Å²) in [6, 6.07) is 3.83. The molecular formula is C13H19NO2. The van der Waals surface area contributed by atoms with E-state index in [1.165, 1.54) is 0 Å². The SMILES string of the molecule is CCCC(/C=C(\C)C(=O)NC)c1ccco1. The lowest BCUT2D eigenvalue weighted by molar-refractivity contribution is -0.117. The van der Waals surface area contributed by atoms with E-state index in [2.05, 4.69) is 12.2 Å². The Balaban J connectivity index is 2.83. The molecule has 0 aromatic carbocycles. The van der Waals surface area contributed by atoms with Gasteiger partial charge in [0.1, 0.15) is 5.76 Å². The molecule has 0 aliphatic heterocycles. The standard InChI is InChI=1S/C13H19NO2/c1-4-6-11(12-7-5-8-16-12)9-10(2)13(15)14-3/h5,7-9,11H,4,6H2,1-3H3,(H,14,15)/b10-9+. The zero-order valence-corrected chi connectivity index (χ0v) is 10.1. The molecule has 0 radical (unpaired) electrons. The van der Waals surface area contributed by atoms with Crippen LogP contribution in [0.15, 0.2) is 34.5 Å². The first-order valence-corrected chi connectivity index (χ1v) is 5.63. The molecule has 88 valence electrons. The van der Waals surface area contributed by atoms with Gasteiger partial charge in [0.05, 0.1) is 6.26 Å². The van der Waals surface area contributed by atoms with Gasteiger partial charge in [0.25, 0.3) is 0 Å². The monoisotopic (exact) mass is 221 g/mol. The Morgan fingerprint density at radius 1 is 1.62 bits per heavy atom. The minimum absolute atomic E-state index is 0.0346. The lowest BCUT2D eigenvalue weighted by atomic mass is 9.98. The summed E-state index contributed by atoms with van der Waals surface area (Å²) in [5.74, 6) is 1.08. The number of carbonyl (C=O) groups is 1. The van der Waals surface area contributed by atoms with Gasteiger partial charge in [-0.1, -0.05) is 19.4 Å². The van der Waals surface area contributed by atoms with Crippen molar-refractivity contribution < 1.29 is 9.21 Å². The molecule has 3 nitrogen and oxygen atoms in total. The van der Waals surface area contributed by atoms with E-state index in [-0.39, 0.29) is 11.8 Å². The Morgan fingerprint density at radius 2 is 2.38 bits per heavy atom. The van der Waals surface area contributed by atoms with Gasteiger partial charge in [-0.3, -0.25) is 4.79 Å². The summed E-state index contributed by atoms with van der Waals surface area (Å²) in [4.78, 5) is 11.4. The highest BCUT2D eigenvalue weighted by Gasteiger charge is 2.12. The first kappa shape index (κ1) is 12.6. The highest BCUT2D eigenvalue weighted by atomic mass is 16.3. The van der Waals surface area contributed by atoms with Crippen molar-refractivity contribution in [3.8, 4) is 0 Å². The van der Waals surface area contributed by atoms with Crippen molar-refractivity contribution >= 4 is 5.91 Å². The predicted octanol–water partition coefficient (Wildman–Crippen LogP) is 2.86. The normalized spacial score (nSPS) is 13.6. The van der Waals surface area contributed by atoms with Crippen molar-refractivity contribution in [1.82, 2.24) is 5.32 Å². The van der Waals surface area contributed by atoms with E-state index in [0.29, 0.717) is 0 Å². The maximum Gasteiger partial charge on any atom is 0.246 e. The van der Waals surface area contributed by atoms with Crippen molar-refractivity contribution in [2.24, 2.45) is 0 Å². The summed E-state index contributed by atoms with van der Waals surface area (Å²) in [7, 11) is 1.64. The number of furan rings is 1. The Bertz CT molecular complexity index is 352. The van der Waals surface area contributed by atoms with Gasteiger partial charge in [-0.25, -0.2) is 0 Å². The fraction of sp³-hybridized carbons (Fsp3) is 0.462. The van der Waals surface area contributed by atoms with Gasteiger partial charge in [0, 0.05) is 18.5 Å². The predicted molar refractivity (Wildman–Crippen MR) is 64.2 cm³/mol. The van der Waals surface area contributed by atoms with Gasteiger partial charge < -0.3 is 9.73 Å². The molecule has 1 unspecified atom stereocenters. The zero-order chi connectivity index (χ0) is 12.0. The molecule has 1 rings (SSSR count). The quantitative estimate of drug-likeness (QED) is 0.777. The van der Waals surface area contributed by atoms with Crippen LogP contribution >= 0.6 is 0 Å². The highest BCUT2D eigenvalue weighted by Crippen LogP contribution is 2.24. The second-order valence-electron chi connectivity index (χ2n) is 3.84. The second kappa shape index (κ2) is 6.16. The van der Waals surface area contributed by atoms with Crippen LogP contribution in [0.25, 0.3) is 0 Å². The fourth-order valence-corrected chi connectivity index (χ4v) is 1.70. The minimum atomic E-state index is -0.0346. The van der Waals surface area contributed by atoms with Gasteiger partial charge >= 0.3 is 0 Å². The molecule has 0 saturated heterocycles. The molecular weight excluding hydrogens is 202 g/mol. The number of hydrogen-bond donors (Lipinski definition) is 1. The summed E-state index contributed by atoms with van der Waals surface area (Å²) in [5.41, 5.74) is 0.734. The van der Waals surface area contributed by atoms with Gasteiger partial charge in [-0.05, 0) is 25.5 Å². The minimum Gasteiger partial charge on any atom is -0.469 e. The van der Waals surface area contributed by atoms with Gasteiger partial charge in [-0.2, -0.15) is 0 Å². The maximum atomic E-state index is 11.4. The van der Waals surface area contributed by atoms with E-state index in [0.717, 1.165) is 24.2 Å². The molecule has 1 atom stereocenters. The lowest BCUT2D eigenvalue weighted by Gasteiger charge is -2.10. The molecule has 0 spiro atoms. The highest BCUT2D eigenvalue weighted by molar-refractivity contribution is 5.92. The van der Waals surface area contributed by atoms with Crippen molar-refractivity contribution in [2.45, 2.75) is 32.6 Å². The Hall–Kier alpha value is -1.51. The maximum absolute atomic E-state index is 11.4. The number of rotatable bonds is 5. The number of likely N-dealkylation sites (N-methyl/N-ethyl adjacent to an activating group) is 1. The van der Waals surface area contributed by atoms with E-state index in [1.807, 2.05) is 25.1 Å². The first-order chi connectivity index (χ1) is 7.69. The summed E-state index contributed by atoms with van der Waals surface area (Å²) in [6.07, 6.45) is 5.69. The van der Waals surface area contributed by atoms with Crippen LogP contribution in [-0.2, 0) is 4.79 Å².